The van der Waals surface area contributed by atoms with Crippen LogP contribution in [0.4, 0.5) is 10.1 Å². The van der Waals surface area contributed by atoms with Crippen molar-refractivity contribution in [3.8, 4) is 0 Å². The summed E-state index contributed by atoms with van der Waals surface area (Å²) in [7, 11) is 4.00. The molecule has 1 aromatic heterocycles. The number of nitrogens with zero attached hydrogens (tertiary/aromatic N) is 2. The molecule has 0 radical (unpaired) electrons. The maximum Gasteiger partial charge on any atom is 0.269 e. The molecule has 1 aromatic carbocycles. The van der Waals surface area contributed by atoms with Gasteiger partial charge in [0, 0.05) is 13.1 Å². The molecule has 2 rings (SSSR count). The molecule has 0 saturated carbocycles. The molecule has 25 heavy (non-hydrogen) atoms. The Hall–Kier alpha value is -2.47. The van der Waals surface area contributed by atoms with E-state index in [4.69, 9.17) is 0 Å². The smallest absolute Gasteiger partial charge is 0.269 e. The van der Waals surface area contributed by atoms with E-state index in [1.807, 2.05) is 26.2 Å². The number of benzene rings is 1. The van der Waals surface area contributed by atoms with E-state index in [0.717, 1.165) is 18.7 Å². The van der Waals surface area contributed by atoms with Crippen molar-refractivity contribution in [2.45, 2.75) is 12.8 Å². The second-order valence-corrected chi connectivity index (χ2v) is 6.11. The summed E-state index contributed by atoms with van der Waals surface area (Å²) in [5, 5.41) is 6.04. The van der Waals surface area contributed by atoms with Crippen molar-refractivity contribution in [2.75, 3.05) is 39.0 Å². The van der Waals surface area contributed by atoms with Gasteiger partial charge in [0.2, 0.25) is 0 Å². The lowest BCUT2D eigenvalue weighted by Crippen LogP contribution is -2.27. The maximum absolute atomic E-state index is 13.5. The highest BCUT2D eigenvalue weighted by molar-refractivity contribution is 5.92. The fourth-order valence-electron chi connectivity index (χ4n) is 2.36. The predicted octanol–water partition coefficient (Wildman–Crippen LogP) is 2.56. The molecule has 0 unspecified atom stereocenters. The molecule has 1 amide bonds. The Balaban J connectivity index is 1.75. The Morgan fingerprint density at radius 3 is 2.64 bits per heavy atom. The highest BCUT2D eigenvalue weighted by atomic mass is 19.1. The van der Waals surface area contributed by atoms with Crippen molar-refractivity contribution in [1.82, 2.24) is 15.2 Å². The second kappa shape index (κ2) is 9.74. The molecule has 0 aliphatic carbocycles. The zero-order valence-corrected chi connectivity index (χ0v) is 14.8. The van der Waals surface area contributed by atoms with Crippen molar-refractivity contribution in [3.05, 3.63) is 59.7 Å². The largest absolute Gasteiger partial charge is 0.383 e. The zero-order chi connectivity index (χ0) is 18.1. The van der Waals surface area contributed by atoms with E-state index in [1.54, 1.807) is 24.4 Å². The van der Waals surface area contributed by atoms with Crippen LogP contribution in [0.5, 0.6) is 0 Å². The minimum absolute atomic E-state index is 0.170. The Kier molecular flexibility index (Phi) is 7.35. The van der Waals surface area contributed by atoms with E-state index in [9.17, 15) is 9.18 Å². The first-order valence-corrected chi connectivity index (χ1v) is 8.42. The van der Waals surface area contributed by atoms with Crippen molar-refractivity contribution in [3.63, 3.8) is 0 Å². The summed E-state index contributed by atoms with van der Waals surface area (Å²) in [4.78, 5) is 18.2. The van der Waals surface area contributed by atoms with Gasteiger partial charge >= 0.3 is 0 Å². The average Bonchev–Trinajstić information content (AvgIpc) is 2.60. The van der Waals surface area contributed by atoms with Crippen LogP contribution < -0.4 is 10.6 Å². The fraction of sp³-hybridized carbons (Fsp3) is 0.368. The normalized spacial score (nSPS) is 10.7. The molecule has 0 spiro atoms. The van der Waals surface area contributed by atoms with Gasteiger partial charge in [0.1, 0.15) is 11.5 Å². The molecule has 2 aromatic rings. The standard InChI is InChI=1S/C19H25FN4O/c1-24(2)13-5-11-22-19(25)18-9-8-16(14-23-18)21-12-10-15-6-3-4-7-17(15)20/h3-4,6-9,14,21H,5,10-13H2,1-2H3,(H,22,25). The molecule has 5 nitrogen and oxygen atoms in total. The number of carbonyl (C=O) groups excluding carboxylic acids is 1. The van der Waals surface area contributed by atoms with Gasteiger partial charge in [0.25, 0.3) is 5.91 Å². The summed E-state index contributed by atoms with van der Waals surface area (Å²) < 4.78 is 13.5. The third-order valence-corrected chi connectivity index (χ3v) is 3.75. The highest BCUT2D eigenvalue weighted by Gasteiger charge is 2.06. The number of amides is 1. The minimum Gasteiger partial charge on any atom is -0.383 e. The Labute approximate surface area is 148 Å². The quantitative estimate of drug-likeness (QED) is 0.687. The summed E-state index contributed by atoms with van der Waals surface area (Å²) >= 11 is 0. The molecule has 0 saturated heterocycles. The summed E-state index contributed by atoms with van der Waals surface area (Å²) in [5.74, 6) is -0.361. The van der Waals surface area contributed by atoms with Gasteiger partial charge in [0.15, 0.2) is 0 Å². The first-order chi connectivity index (χ1) is 12.1. The molecule has 0 aliphatic heterocycles. The third kappa shape index (κ3) is 6.51. The first-order valence-electron chi connectivity index (χ1n) is 8.42. The fourth-order valence-corrected chi connectivity index (χ4v) is 2.36. The van der Waals surface area contributed by atoms with Crippen LogP contribution in [0.2, 0.25) is 0 Å². The molecule has 0 atom stereocenters. The topological polar surface area (TPSA) is 57.3 Å². The number of hydrogen-bond acceptors (Lipinski definition) is 4. The number of hydrogen-bond donors (Lipinski definition) is 2. The number of aromatic nitrogens is 1. The highest BCUT2D eigenvalue weighted by Crippen LogP contribution is 2.09. The van der Waals surface area contributed by atoms with Gasteiger partial charge in [-0.2, -0.15) is 0 Å². The number of carbonyl (C=O) groups is 1. The maximum atomic E-state index is 13.5. The molecule has 0 fully saturated rings. The first kappa shape index (κ1) is 18.9. The van der Waals surface area contributed by atoms with Crippen LogP contribution in [0.25, 0.3) is 0 Å². The van der Waals surface area contributed by atoms with Crippen LogP contribution in [-0.4, -0.2) is 49.5 Å². The molecule has 134 valence electrons. The van der Waals surface area contributed by atoms with Gasteiger partial charge in [-0.1, -0.05) is 18.2 Å². The molecular weight excluding hydrogens is 319 g/mol. The Morgan fingerprint density at radius 2 is 1.96 bits per heavy atom. The number of halogens is 1. The van der Waals surface area contributed by atoms with Gasteiger partial charge in [-0.25, -0.2) is 9.37 Å². The van der Waals surface area contributed by atoms with Crippen LogP contribution in [0.1, 0.15) is 22.5 Å². The number of rotatable bonds is 9. The van der Waals surface area contributed by atoms with Gasteiger partial charge < -0.3 is 15.5 Å². The number of nitrogens with one attached hydrogen (secondary N) is 2. The van der Waals surface area contributed by atoms with Gasteiger partial charge in [-0.15, -0.1) is 0 Å². The van der Waals surface area contributed by atoms with Crippen molar-refractivity contribution < 1.29 is 9.18 Å². The predicted molar refractivity (Wildman–Crippen MR) is 98.3 cm³/mol. The van der Waals surface area contributed by atoms with Crippen LogP contribution in [0.3, 0.4) is 0 Å². The van der Waals surface area contributed by atoms with Crippen molar-refractivity contribution in [1.29, 1.82) is 0 Å². The van der Waals surface area contributed by atoms with Crippen LogP contribution in [0, 0.1) is 5.82 Å². The van der Waals surface area contributed by atoms with E-state index in [1.165, 1.54) is 6.07 Å². The van der Waals surface area contributed by atoms with Crippen LogP contribution in [0.15, 0.2) is 42.6 Å². The number of pyridine rings is 1. The van der Waals surface area contributed by atoms with Gasteiger partial charge in [-0.05, 0) is 57.2 Å². The average molecular weight is 344 g/mol. The van der Waals surface area contributed by atoms with Gasteiger partial charge in [0.05, 0.1) is 11.9 Å². The van der Waals surface area contributed by atoms with Crippen LogP contribution in [-0.2, 0) is 6.42 Å². The Morgan fingerprint density at radius 1 is 1.16 bits per heavy atom. The molecule has 1 heterocycles. The van der Waals surface area contributed by atoms with Crippen LogP contribution >= 0.6 is 0 Å². The lowest BCUT2D eigenvalue weighted by Gasteiger charge is -2.10. The lowest BCUT2D eigenvalue weighted by atomic mass is 10.1. The molecule has 0 bridgehead atoms. The molecule has 6 heteroatoms. The summed E-state index contributed by atoms with van der Waals surface area (Å²) in [6.45, 7) is 2.15. The van der Waals surface area contributed by atoms with E-state index in [2.05, 4.69) is 20.5 Å². The molecular formula is C19H25FN4O. The summed E-state index contributed by atoms with van der Waals surface area (Å²) in [5.41, 5.74) is 1.88. The van der Waals surface area contributed by atoms with E-state index >= 15 is 0 Å². The SMILES string of the molecule is CN(C)CCCNC(=O)c1ccc(NCCc2ccccc2F)cn1. The minimum atomic E-state index is -0.191. The molecule has 2 N–H and O–H groups in total. The second-order valence-electron chi connectivity index (χ2n) is 6.11. The molecule has 0 aliphatic rings. The van der Waals surface area contributed by atoms with Gasteiger partial charge in [-0.3, -0.25) is 4.79 Å². The van der Waals surface area contributed by atoms with E-state index in [0.29, 0.717) is 30.8 Å². The number of anilines is 1. The van der Waals surface area contributed by atoms with Crippen molar-refractivity contribution in [2.24, 2.45) is 0 Å². The zero-order valence-electron chi connectivity index (χ0n) is 14.8. The van der Waals surface area contributed by atoms with E-state index in [-0.39, 0.29) is 11.7 Å². The summed E-state index contributed by atoms with van der Waals surface area (Å²) in [6, 6.07) is 10.2. The van der Waals surface area contributed by atoms with E-state index < -0.39 is 0 Å². The van der Waals surface area contributed by atoms with Crippen molar-refractivity contribution >= 4 is 11.6 Å². The third-order valence-electron chi connectivity index (χ3n) is 3.75. The lowest BCUT2D eigenvalue weighted by molar-refractivity contribution is 0.0947. The monoisotopic (exact) mass is 344 g/mol. The summed E-state index contributed by atoms with van der Waals surface area (Å²) in [6.07, 6.45) is 3.10. The Bertz CT molecular complexity index is 673.